The van der Waals surface area contributed by atoms with E-state index >= 15 is 0 Å². The van der Waals surface area contributed by atoms with E-state index in [1.807, 2.05) is 57.2 Å². The molecule has 2 N–H and O–H groups in total. The Labute approximate surface area is 170 Å². The summed E-state index contributed by atoms with van der Waals surface area (Å²) in [7, 11) is 1.79. The van der Waals surface area contributed by atoms with Gasteiger partial charge in [0.2, 0.25) is 0 Å². The number of fused-ring (bicyclic) bond motifs is 1. The van der Waals surface area contributed by atoms with Gasteiger partial charge in [0.05, 0.1) is 6.61 Å². The number of hydrogen-bond acceptors (Lipinski definition) is 3. The fraction of sp³-hybridized carbons (Fsp3) is 0.304. The number of nitrogens with zero attached hydrogens (tertiary/aromatic N) is 1. The summed E-state index contributed by atoms with van der Waals surface area (Å²) in [6, 6.07) is 15.0. The van der Waals surface area contributed by atoms with Crippen molar-refractivity contribution in [2.75, 3.05) is 13.7 Å². The summed E-state index contributed by atoms with van der Waals surface area (Å²) in [6.07, 6.45) is 0. The number of benzene rings is 2. The molecule has 6 heteroatoms. The lowest BCUT2D eigenvalue weighted by Gasteiger charge is -2.21. The van der Waals surface area contributed by atoms with Gasteiger partial charge in [-0.3, -0.25) is 9.59 Å². The van der Waals surface area contributed by atoms with Crippen LogP contribution in [-0.2, 0) is 6.54 Å². The molecule has 2 amide bonds. The predicted molar refractivity (Wildman–Crippen MR) is 114 cm³/mol. The average molecular weight is 393 g/mol. The van der Waals surface area contributed by atoms with Crippen molar-refractivity contribution < 1.29 is 14.3 Å². The Morgan fingerprint density at radius 3 is 2.48 bits per heavy atom. The van der Waals surface area contributed by atoms with Crippen molar-refractivity contribution >= 4 is 22.7 Å². The molecular formula is C23H27N3O3. The highest BCUT2D eigenvalue weighted by molar-refractivity contribution is 5.98. The lowest BCUT2D eigenvalue weighted by atomic mass is 10.1. The minimum Gasteiger partial charge on any atom is -0.494 e. The Bertz CT molecular complexity index is 1010. The maximum atomic E-state index is 12.5. The van der Waals surface area contributed by atoms with Gasteiger partial charge in [0, 0.05) is 42.2 Å². The lowest BCUT2D eigenvalue weighted by molar-refractivity contribution is 0.0754. The number of H-pyrrole nitrogens is 1. The van der Waals surface area contributed by atoms with Gasteiger partial charge in [-0.15, -0.1) is 0 Å². The van der Waals surface area contributed by atoms with Crippen molar-refractivity contribution in [3.05, 3.63) is 65.4 Å². The third-order valence-corrected chi connectivity index (χ3v) is 4.90. The quantitative estimate of drug-likeness (QED) is 0.638. The molecule has 0 radical (unpaired) electrons. The highest BCUT2D eigenvalue weighted by atomic mass is 16.5. The van der Waals surface area contributed by atoms with Crippen molar-refractivity contribution in [1.29, 1.82) is 0 Å². The fourth-order valence-corrected chi connectivity index (χ4v) is 2.97. The third-order valence-electron chi connectivity index (χ3n) is 4.90. The van der Waals surface area contributed by atoms with Crippen LogP contribution in [0.1, 0.15) is 47.2 Å². The van der Waals surface area contributed by atoms with Crippen molar-refractivity contribution in [1.82, 2.24) is 15.2 Å². The number of ether oxygens (including phenoxy) is 1. The summed E-state index contributed by atoms with van der Waals surface area (Å²) >= 11 is 0. The van der Waals surface area contributed by atoms with E-state index in [4.69, 9.17) is 4.74 Å². The molecular weight excluding hydrogens is 366 g/mol. The fourth-order valence-electron chi connectivity index (χ4n) is 2.97. The maximum absolute atomic E-state index is 12.5. The van der Waals surface area contributed by atoms with Crippen LogP contribution in [0.4, 0.5) is 0 Å². The molecule has 0 atom stereocenters. The SMILES string of the molecule is CCOc1ccc2cc(C(=O)NCc3ccc(C(=O)N(C)C(C)C)cc3)[nH]c2c1. The maximum Gasteiger partial charge on any atom is 0.267 e. The first-order valence-electron chi connectivity index (χ1n) is 9.79. The molecule has 0 aliphatic carbocycles. The number of aromatic nitrogens is 1. The van der Waals surface area contributed by atoms with Crippen LogP contribution in [0.25, 0.3) is 10.9 Å². The molecule has 0 spiro atoms. The Morgan fingerprint density at radius 1 is 1.10 bits per heavy atom. The summed E-state index contributed by atoms with van der Waals surface area (Å²) in [5.74, 6) is 0.575. The Morgan fingerprint density at radius 2 is 1.83 bits per heavy atom. The molecule has 0 saturated heterocycles. The zero-order valence-corrected chi connectivity index (χ0v) is 17.3. The van der Waals surface area contributed by atoms with Crippen molar-refractivity contribution in [3.8, 4) is 5.75 Å². The van der Waals surface area contributed by atoms with Crippen LogP contribution in [0.5, 0.6) is 5.75 Å². The number of carbonyl (C=O) groups is 2. The zero-order chi connectivity index (χ0) is 21.0. The highest BCUT2D eigenvalue weighted by Crippen LogP contribution is 2.21. The summed E-state index contributed by atoms with van der Waals surface area (Å²) in [5, 5.41) is 3.86. The second-order valence-corrected chi connectivity index (χ2v) is 7.25. The second-order valence-electron chi connectivity index (χ2n) is 7.25. The number of carbonyl (C=O) groups excluding carboxylic acids is 2. The van der Waals surface area contributed by atoms with E-state index in [1.165, 1.54) is 0 Å². The van der Waals surface area contributed by atoms with Crippen LogP contribution >= 0.6 is 0 Å². The Hall–Kier alpha value is -3.28. The van der Waals surface area contributed by atoms with Gasteiger partial charge < -0.3 is 19.9 Å². The minimum absolute atomic E-state index is 0.0138. The number of rotatable bonds is 7. The zero-order valence-electron chi connectivity index (χ0n) is 17.3. The number of hydrogen-bond donors (Lipinski definition) is 2. The van der Waals surface area contributed by atoms with Crippen LogP contribution in [0.15, 0.2) is 48.5 Å². The van der Waals surface area contributed by atoms with Gasteiger partial charge in [-0.2, -0.15) is 0 Å². The first-order chi connectivity index (χ1) is 13.9. The molecule has 29 heavy (non-hydrogen) atoms. The van der Waals surface area contributed by atoms with Crippen molar-refractivity contribution in [3.63, 3.8) is 0 Å². The predicted octanol–water partition coefficient (Wildman–Crippen LogP) is 3.98. The summed E-state index contributed by atoms with van der Waals surface area (Å²) in [6.45, 7) is 6.86. The van der Waals surface area contributed by atoms with E-state index < -0.39 is 0 Å². The molecule has 152 valence electrons. The highest BCUT2D eigenvalue weighted by Gasteiger charge is 2.14. The first kappa shape index (κ1) is 20.5. The molecule has 1 aromatic heterocycles. The molecule has 0 saturated carbocycles. The van der Waals surface area contributed by atoms with Gasteiger partial charge >= 0.3 is 0 Å². The molecule has 3 aromatic rings. The van der Waals surface area contributed by atoms with Crippen LogP contribution in [0.3, 0.4) is 0 Å². The van der Waals surface area contributed by atoms with E-state index in [2.05, 4.69) is 10.3 Å². The van der Waals surface area contributed by atoms with Crippen LogP contribution < -0.4 is 10.1 Å². The van der Waals surface area contributed by atoms with Crippen molar-refractivity contribution in [2.45, 2.75) is 33.4 Å². The molecule has 1 heterocycles. The Balaban J connectivity index is 1.63. The van der Waals surface area contributed by atoms with E-state index in [0.29, 0.717) is 24.4 Å². The van der Waals surface area contributed by atoms with Gasteiger partial charge in [-0.25, -0.2) is 0 Å². The molecule has 0 bridgehead atoms. The summed E-state index contributed by atoms with van der Waals surface area (Å²) < 4.78 is 5.50. The second kappa shape index (κ2) is 8.82. The molecule has 0 fully saturated rings. The number of aromatic amines is 1. The first-order valence-corrected chi connectivity index (χ1v) is 9.79. The summed E-state index contributed by atoms with van der Waals surface area (Å²) in [4.78, 5) is 29.7. The van der Waals surface area contributed by atoms with Gasteiger partial charge in [0.25, 0.3) is 11.8 Å². The smallest absolute Gasteiger partial charge is 0.267 e. The molecule has 0 aliphatic heterocycles. The molecule has 6 nitrogen and oxygen atoms in total. The molecule has 2 aromatic carbocycles. The Kier molecular flexibility index (Phi) is 6.22. The van der Waals surface area contributed by atoms with E-state index in [1.54, 1.807) is 24.1 Å². The number of amides is 2. The standard InChI is InChI=1S/C23H27N3O3/c1-5-29-19-11-10-18-12-21(25-20(18)13-19)22(27)24-14-16-6-8-17(9-7-16)23(28)26(4)15(2)3/h6-13,15,25H,5,14H2,1-4H3,(H,24,27). The number of nitrogens with one attached hydrogen (secondary N) is 2. The van der Waals surface area contributed by atoms with Gasteiger partial charge in [0.15, 0.2) is 0 Å². The minimum atomic E-state index is -0.182. The topological polar surface area (TPSA) is 74.4 Å². The lowest BCUT2D eigenvalue weighted by Crippen LogP contribution is -2.32. The van der Waals surface area contributed by atoms with E-state index in [0.717, 1.165) is 22.2 Å². The largest absolute Gasteiger partial charge is 0.494 e. The molecule has 3 rings (SSSR count). The van der Waals surface area contributed by atoms with Crippen molar-refractivity contribution in [2.24, 2.45) is 0 Å². The van der Waals surface area contributed by atoms with E-state index in [9.17, 15) is 9.59 Å². The molecule has 0 aliphatic rings. The van der Waals surface area contributed by atoms with Crippen LogP contribution in [0.2, 0.25) is 0 Å². The van der Waals surface area contributed by atoms with Crippen LogP contribution in [0, 0.1) is 0 Å². The van der Waals surface area contributed by atoms with Gasteiger partial charge in [-0.1, -0.05) is 12.1 Å². The third kappa shape index (κ3) is 4.77. The molecule has 0 unspecified atom stereocenters. The van der Waals surface area contributed by atoms with Gasteiger partial charge in [-0.05, 0) is 56.7 Å². The average Bonchev–Trinajstić information content (AvgIpc) is 3.15. The van der Waals surface area contributed by atoms with Gasteiger partial charge in [0.1, 0.15) is 11.4 Å². The monoisotopic (exact) mass is 393 g/mol. The summed E-state index contributed by atoms with van der Waals surface area (Å²) in [5.41, 5.74) is 2.92. The van der Waals surface area contributed by atoms with E-state index in [-0.39, 0.29) is 17.9 Å². The normalized spacial score (nSPS) is 10.9. The van der Waals surface area contributed by atoms with Crippen LogP contribution in [-0.4, -0.2) is 41.4 Å².